The first-order chi connectivity index (χ1) is 9.30. The average molecular weight is 278 g/mol. The van der Waals surface area contributed by atoms with Crippen LogP contribution in [0.1, 0.15) is 50.5 Å². The van der Waals surface area contributed by atoms with Crippen LogP contribution in [0.15, 0.2) is 6.20 Å². The molecule has 1 unspecified atom stereocenters. The van der Waals surface area contributed by atoms with Gasteiger partial charge in [0.2, 0.25) is 0 Å². The largest absolute Gasteiger partial charge is 0.396 e. The molecular formula is C15H26N4O. The molecule has 2 N–H and O–H groups in total. The summed E-state index contributed by atoms with van der Waals surface area (Å²) in [5.41, 5.74) is 7.14. The van der Waals surface area contributed by atoms with Gasteiger partial charge in [0.15, 0.2) is 0 Å². The number of hydrogen-bond acceptors (Lipinski definition) is 3. The molecule has 1 aromatic heterocycles. The lowest BCUT2D eigenvalue weighted by Crippen LogP contribution is -2.34. The maximum absolute atomic E-state index is 12.6. The first-order valence-corrected chi connectivity index (χ1v) is 7.37. The highest BCUT2D eigenvalue weighted by Gasteiger charge is 2.30. The summed E-state index contributed by atoms with van der Waals surface area (Å²) in [4.78, 5) is 14.5. The number of aromatic nitrogens is 2. The highest BCUT2D eigenvalue weighted by molar-refractivity contribution is 5.97. The molecule has 1 amide bonds. The zero-order valence-electron chi connectivity index (χ0n) is 13.0. The molecule has 5 heteroatoms. The highest BCUT2D eigenvalue weighted by Crippen LogP contribution is 2.34. The average Bonchev–Trinajstić information content (AvgIpc) is 2.58. The van der Waals surface area contributed by atoms with E-state index in [2.05, 4.69) is 25.9 Å². The zero-order valence-corrected chi connectivity index (χ0v) is 13.0. The summed E-state index contributed by atoms with van der Waals surface area (Å²) in [6.07, 6.45) is 4.86. The van der Waals surface area contributed by atoms with E-state index in [0.717, 1.165) is 25.9 Å². The van der Waals surface area contributed by atoms with Gasteiger partial charge in [0.05, 0.1) is 11.9 Å². The van der Waals surface area contributed by atoms with Gasteiger partial charge in [0.1, 0.15) is 5.69 Å². The minimum absolute atomic E-state index is 0.0112. The van der Waals surface area contributed by atoms with E-state index in [1.165, 1.54) is 6.42 Å². The molecule has 1 saturated heterocycles. The maximum atomic E-state index is 12.6. The van der Waals surface area contributed by atoms with Crippen molar-refractivity contribution in [3.8, 4) is 0 Å². The topological polar surface area (TPSA) is 64.2 Å². The van der Waals surface area contributed by atoms with Crippen molar-refractivity contribution in [3.63, 3.8) is 0 Å². The van der Waals surface area contributed by atoms with Crippen LogP contribution in [0.3, 0.4) is 0 Å². The van der Waals surface area contributed by atoms with Crippen molar-refractivity contribution in [2.75, 3.05) is 18.8 Å². The predicted octanol–water partition coefficient (Wildman–Crippen LogP) is 2.29. The number of nitrogen functional groups attached to an aromatic ring is 1. The molecule has 0 bridgehead atoms. The molecule has 1 aromatic rings. The van der Waals surface area contributed by atoms with Crippen LogP contribution in [-0.2, 0) is 7.05 Å². The summed E-state index contributed by atoms with van der Waals surface area (Å²) in [6.45, 7) is 8.48. The fourth-order valence-electron chi connectivity index (χ4n) is 3.03. The summed E-state index contributed by atoms with van der Waals surface area (Å²) in [5, 5.41) is 4.05. The van der Waals surface area contributed by atoms with Gasteiger partial charge in [0, 0.05) is 20.1 Å². The number of likely N-dealkylation sites (tertiary alicyclic amines) is 1. The van der Waals surface area contributed by atoms with Gasteiger partial charge < -0.3 is 10.6 Å². The number of nitrogens with zero attached hydrogens (tertiary/aromatic N) is 3. The van der Waals surface area contributed by atoms with Crippen LogP contribution in [0.2, 0.25) is 0 Å². The van der Waals surface area contributed by atoms with Crippen LogP contribution in [0.5, 0.6) is 0 Å². The van der Waals surface area contributed by atoms with Crippen molar-refractivity contribution in [1.82, 2.24) is 14.7 Å². The number of carbonyl (C=O) groups excluding carboxylic acids is 1. The van der Waals surface area contributed by atoms with E-state index in [1.54, 1.807) is 17.9 Å². The number of nitrogens with two attached hydrogens (primary N) is 1. The van der Waals surface area contributed by atoms with E-state index >= 15 is 0 Å². The summed E-state index contributed by atoms with van der Waals surface area (Å²) in [6, 6.07) is 0. The molecule has 5 nitrogen and oxygen atoms in total. The van der Waals surface area contributed by atoms with Gasteiger partial charge in [-0.25, -0.2) is 0 Å². The van der Waals surface area contributed by atoms with E-state index in [1.807, 2.05) is 4.90 Å². The SMILES string of the molecule is Cn1ncc(N)c1C(=O)N1CCCC(C(C)(C)C)CC1. The fourth-order valence-corrected chi connectivity index (χ4v) is 3.03. The first kappa shape index (κ1) is 14.9. The molecular weight excluding hydrogens is 252 g/mol. The molecule has 1 aliphatic rings. The first-order valence-electron chi connectivity index (χ1n) is 7.37. The Morgan fingerprint density at radius 2 is 2.05 bits per heavy atom. The van der Waals surface area contributed by atoms with Crippen molar-refractivity contribution in [3.05, 3.63) is 11.9 Å². The van der Waals surface area contributed by atoms with Gasteiger partial charge in [-0.2, -0.15) is 5.10 Å². The Hall–Kier alpha value is -1.52. The second-order valence-corrected chi connectivity index (χ2v) is 6.86. The number of carbonyl (C=O) groups is 1. The predicted molar refractivity (Wildman–Crippen MR) is 80.3 cm³/mol. The van der Waals surface area contributed by atoms with Crippen LogP contribution in [-0.4, -0.2) is 33.7 Å². The van der Waals surface area contributed by atoms with E-state index in [0.29, 0.717) is 22.7 Å². The third-order valence-electron chi connectivity index (χ3n) is 4.41. The summed E-state index contributed by atoms with van der Waals surface area (Å²) in [5.74, 6) is 0.682. The van der Waals surface area contributed by atoms with E-state index in [9.17, 15) is 4.79 Å². The minimum Gasteiger partial charge on any atom is -0.396 e. The molecule has 1 atom stereocenters. The fraction of sp³-hybridized carbons (Fsp3) is 0.733. The monoisotopic (exact) mass is 278 g/mol. The summed E-state index contributed by atoms with van der Waals surface area (Å²) in [7, 11) is 1.76. The van der Waals surface area contributed by atoms with Crippen molar-refractivity contribution < 1.29 is 4.79 Å². The quantitative estimate of drug-likeness (QED) is 0.857. The molecule has 0 aromatic carbocycles. The van der Waals surface area contributed by atoms with Gasteiger partial charge in [-0.15, -0.1) is 0 Å². The summed E-state index contributed by atoms with van der Waals surface area (Å²) >= 11 is 0. The second-order valence-electron chi connectivity index (χ2n) is 6.86. The maximum Gasteiger partial charge on any atom is 0.274 e. The standard InChI is InChI=1S/C15H26N4O/c1-15(2,3)11-6-5-8-19(9-7-11)14(20)13-12(16)10-17-18(13)4/h10-11H,5-9,16H2,1-4H3. The van der Waals surface area contributed by atoms with Crippen molar-refractivity contribution in [2.45, 2.75) is 40.0 Å². The van der Waals surface area contributed by atoms with Crippen LogP contribution in [0.4, 0.5) is 5.69 Å². The summed E-state index contributed by atoms with van der Waals surface area (Å²) < 4.78 is 1.57. The van der Waals surface area contributed by atoms with E-state index < -0.39 is 0 Å². The molecule has 2 heterocycles. The molecule has 1 aliphatic heterocycles. The zero-order chi connectivity index (χ0) is 14.9. The van der Waals surface area contributed by atoms with Gasteiger partial charge in [-0.05, 0) is 30.6 Å². The third kappa shape index (κ3) is 2.97. The lowest BCUT2D eigenvalue weighted by atomic mass is 9.77. The molecule has 0 saturated carbocycles. The highest BCUT2D eigenvalue weighted by atomic mass is 16.2. The molecule has 0 radical (unpaired) electrons. The molecule has 112 valence electrons. The van der Waals surface area contributed by atoms with Gasteiger partial charge in [-0.1, -0.05) is 20.8 Å². The molecule has 1 fully saturated rings. The van der Waals surface area contributed by atoms with Crippen LogP contribution in [0, 0.1) is 11.3 Å². The van der Waals surface area contributed by atoms with Gasteiger partial charge in [0.25, 0.3) is 5.91 Å². The molecule has 0 spiro atoms. The normalized spacial score (nSPS) is 20.8. The van der Waals surface area contributed by atoms with Crippen LogP contribution < -0.4 is 5.73 Å². The Bertz CT molecular complexity index is 467. The molecule has 20 heavy (non-hydrogen) atoms. The Kier molecular flexibility index (Phi) is 4.06. The smallest absolute Gasteiger partial charge is 0.274 e. The van der Waals surface area contributed by atoms with Gasteiger partial charge >= 0.3 is 0 Å². The number of aryl methyl sites for hydroxylation is 1. The van der Waals surface area contributed by atoms with Gasteiger partial charge in [-0.3, -0.25) is 9.48 Å². The second kappa shape index (κ2) is 5.46. The number of amides is 1. The Balaban J connectivity index is 2.09. The lowest BCUT2D eigenvalue weighted by molar-refractivity contribution is 0.0745. The van der Waals surface area contributed by atoms with Crippen molar-refractivity contribution in [1.29, 1.82) is 0 Å². The Morgan fingerprint density at radius 1 is 1.35 bits per heavy atom. The van der Waals surface area contributed by atoms with Crippen molar-refractivity contribution >= 4 is 11.6 Å². The minimum atomic E-state index is 0.0112. The number of anilines is 1. The Morgan fingerprint density at radius 3 is 2.60 bits per heavy atom. The number of rotatable bonds is 1. The van der Waals surface area contributed by atoms with Crippen LogP contribution >= 0.6 is 0 Å². The van der Waals surface area contributed by atoms with Crippen LogP contribution in [0.25, 0.3) is 0 Å². The molecule has 0 aliphatic carbocycles. The van der Waals surface area contributed by atoms with E-state index in [-0.39, 0.29) is 5.91 Å². The lowest BCUT2D eigenvalue weighted by Gasteiger charge is -2.29. The van der Waals surface area contributed by atoms with E-state index in [4.69, 9.17) is 5.73 Å². The Labute approximate surface area is 121 Å². The number of hydrogen-bond donors (Lipinski definition) is 1. The molecule has 2 rings (SSSR count). The third-order valence-corrected chi connectivity index (χ3v) is 4.41. The van der Waals surface area contributed by atoms with Crippen molar-refractivity contribution in [2.24, 2.45) is 18.4 Å².